The minimum absolute atomic E-state index is 0.310. The maximum absolute atomic E-state index is 13.1. The van der Waals surface area contributed by atoms with Gasteiger partial charge in [0.15, 0.2) is 0 Å². The SMILES string of the molecule is Nc1cc(F)cc(Oc2ccc(Cl)cc2Br)c1. The molecule has 0 aliphatic rings. The Bertz CT molecular complexity index is 542. The molecule has 2 rings (SSSR count). The monoisotopic (exact) mass is 315 g/mol. The van der Waals surface area contributed by atoms with Gasteiger partial charge >= 0.3 is 0 Å². The number of hydrogen-bond acceptors (Lipinski definition) is 2. The minimum atomic E-state index is -0.440. The molecule has 0 saturated carbocycles. The van der Waals surface area contributed by atoms with Crippen LogP contribution in [0.1, 0.15) is 0 Å². The molecule has 0 aliphatic carbocycles. The Morgan fingerprint density at radius 1 is 1.18 bits per heavy atom. The number of rotatable bonds is 2. The molecule has 2 N–H and O–H groups in total. The first-order chi connectivity index (χ1) is 8.04. The molecule has 0 heterocycles. The number of nitrogens with two attached hydrogens (primary N) is 1. The first-order valence-electron chi connectivity index (χ1n) is 4.73. The van der Waals surface area contributed by atoms with Crippen LogP contribution in [0.2, 0.25) is 5.02 Å². The average Bonchev–Trinajstić information content (AvgIpc) is 2.21. The van der Waals surface area contributed by atoms with Gasteiger partial charge in [0.05, 0.1) is 4.47 Å². The smallest absolute Gasteiger partial charge is 0.141 e. The molecule has 0 radical (unpaired) electrons. The molecular formula is C12H8BrClFNO. The van der Waals surface area contributed by atoms with Gasteiger partial charge in [-0.3, -0.25) is 0 Å². The van der Waals surface area contributed by atoms with Gasteiger partial charge in [-0.25, -0.2) is 4.39 Å². The number of halogens is 3. The van der Waals surface area contributed by atoms with Crippen molar-refractivity contribution < 1.29 is 9.13 Å². The maximum Gasteiger partial charge on any atom is 0.141 e. The molecule has 88 valence electrons. The summed E-state index contributed by atoms with van der Waals surface area (Å²) in [6, 6.07) is 9.10. The van der Waals surface area contributed by atoms with Gasteiger partial charge < -0.3 is 10.5 Å². The zero-order valence-electron chi connectivity index (χ0n) is 8.58. The van der Waals surface area contributed by atoms with Crippen LogP contribution >= 0.6 is 27.5 Å². The van der Waals surface area contributed by atoms with Crippen LogP contribution < -0.4 is 10.5 Å². The highest BCUT2D eigenvalue weighted by molar-refractivity contribution is 9.10. The quantitative estimate of drug-likeness (QED) is 0.821. The highest BCUT2D eigenvalue weighted by Gasteiger charge is 2.05. The first-order valence-corrected chi connectivity index (χ1v) is 5.90. The van der Waals surface area contributed by atoms with Crippen molar-refractivity contribution >= 4 is 33.2 Å². The number of benzene rings is 2. The van der Waals surface area contributed by atoms with Gasteiger partial charge in [-0.1, -0.05) is 11.6 Å². The van der Waals surface area contributed by atoms with E-state index in [-0.39, 0.29) is 0 Å². The average molecular weight is 317 g/mol. The fourth-order valence-electron chi connectivity index (χ4n) is 1.33. The molecule has 17 heavy (non-hydrogen) atoms. The van der Waals surface area contributed by atoms with Crippen LogP contribution in [0.4, 0.5) is 10.1 Å². The van der Waals surface area contributed by atoms with Crippen LogP contribution in [0, 0.1) is 5.82 Å². The van der Waals surface area contributed by atoms with Crippen molar-refractivity contribution in [1.82, 2.24) is 0 Å². The number of ether oxygens (including phenoxy) is 1. The van der Waals surface area contributed by atoms with Crippen molar-refractivity contribution in [2.24, 2.45) is 0 Å². The molecular weight excluding hydrogens is 308 g/mol. The van der Waals surface area contributed by atoms with Gasteiger partial charge in [0.1, 0.15) is 17.3 Å². The first kappa shape index (κ1) is 12.2. The molecule has 2 aromatic carbocycles. The summed E-state index contributed by atoms with van der Waals surface area (Å²) in [5, 5.41) is 0.586. The van der Waals surface area contributed by atoms with Crippen molar-refractivity contribution in [3.05, 3.63) is 51.7 Å². The molecule has 0 saturated heterocycles. The third-order valence-electron chi connectivity index (χ3n) is 2.02. The van der Waals surface area contributed by atoms with Crippen LogP contribution in [0.15, 0.2) is 40.9 Å². The second-order valence-corrected chi connectivity index (χ2v) is 4.69. The Labute approximate surface area is 111 Å². The molecule has 0 fully saturated rings. The van der Waals surface area contributed by atoms with Crippen LogP contribution in [0.3, 0.4) is 0 Å². The van der Waals surface area contributed by atoms with Gasteiger partial charge in [-0.05, 0) is 40.2 Å². The molecule has 2 nitrogen and oxygen atoms in total. The Morgan fingerprint density at radius 3 is 2.59 bits per heavy atom. The predicted molar refractivity (Wildman–Crippen MR) is 70.0 cm³/mol. The van der Waals surface area contributed by atoms with Gasteiger partial charge in [0.2, 0.25) is 0 Å². The van der Waals surface area contributed by atoms with E-state index in [0.29, 0.717) is 26.7 Å². The zero-order valence-corrected chi connectivity index (χ0v) is 10.9. The topological polar surface area (TPSA) is 35.2 Å². The van der Waals surface area contributed by atoms with Crippen LogP contribution in [-0.2, 0) is 0 Å². The van der Waals surface area contributed by atoms with E-state index < -0.39 is 5.82 Å². The lowest BCUT2D eigenvalue weighted by Gasteiger charge is -2.08. The van der Waals surface area contributed by atoms with Gasteiger partial charge in [-0.2, -0.15) is 0 Å². The lowest BCUT2D eigenvalue weighted by Crippen LogP contribution is -1.90. The molecule has 0 atom stereocenters. The normalized spacial score (nSPS) is 10.3. The maximum atomic E-state index is 13.1. The van der Waals surface area contributed by atoms with Crippen LogP contribution in [-0.4, -0.2) is 0 Å². The molecule has 0 bridgehead atoms. The summed E-state index contributed by atoms with van der Waals surface area (Å²) in [6.07, 6.45) is 0. The Balaban J connectivity index is 2.31. The van der Waals surface area contributed by atoms with E-state index in [1.165, 1.54) is 12.1 Å². The van der Waals surface area contributed by atoms with Crippen molar-refractivity contribution in [2.75, 3.05) is 5.73 Å². The second kappa shape index (κ2) is 4.94. The van der Waals surface area contributed by atoms with Crippen molar-refractivity contribution in [1.29, 1.82) is 0 Å². The summed E-state index contributed by atoms with van der Waals surface area (Å²) in [7, 11) is 0. The Morgan fingerprint density at radius 2 is 1.94 bits per heavy atom. The number of nitrogen functional groups attached to an aromatic ring is 1. The molecule has 0 unspecified atom stereocenters. The largest absolute Gasteiger partial charge is 0.456 e. The third kappa shape index (κ3) is 3.11. The summed E-state index contributed by atoms with van der Waals surface area (Å²) < 4.78 is 19.3. The summed E-state index contributed by atoms with van der Waals surface area (Å²) in [6.45, 7) is 0. The molecule has 0 amide bonds. The van der Waals surface area contributed by atoms with Crippen molar-refractivity contribution in [2.45, 2.75) is 0 Å². The third-order valence-corrected chi connectivity index (χ3v) is 2.87. The van der Waals surface area contributed by atoms with Crippen LogP contribution in [0.25, 0.3) is 0 Å². The molecule has 2 aromatic rings. The number of anilines is 1. The summed E-state index contributed by atoms with van der Waals surface area (Å²) >= 11 is 9.11. The summed E-state index contributed by atoms with van der Waals surface area (Å²) in [4.78, 5) is 0. The minimum Gasteiger partial charge on any atom is -0.456 e. The van der Waals surface area contributed by atoms with E-state index in [1.807, 2.05) is 0 Å². The highest BCUT2D eigenvalue weighted by atomic mass is 79.9. The fraction of sp³-hybridized carbons (Fsp3) is 0. The van der Waals surface area contributed by atoms with Gasteiger partial charge in [-0.15, -0.1) is 0 Å². The summed E-state index contributed by atoms with van der Waals surface area (Å²) in [5.74, 6) is 0.440. The van der Waals surface area contributed by atoms with E-state index in [2.05, 4.69) is 15.9 Å². The molecule has 0 spiro atoms. The van der Waals surface area contributed by atoms with E-state index in [4.69, 9.17) is 22.1 Å². The zero-order chi connectivity index (χ0) is 12.4. The van der Waals surface area contributed by atoms with E-state index in [9.17, 15) is 4.39 Å². The predicted octanol–water partition coefficient (Wildman–Crippen LogP) is 4.62. The second-order valence-electron chi connectivity index (χ2n) is 3.40. The summed E-state index contributed by atoms with van der Waals surface area (Å²) in [5.41, 5.74) is 5.83. The Kier molecular flexibility index (Phi) is 3.54. The molecule has 0 aliphatic heterocycles. The lowest BCUT2D eigenvalue weighted by atomic mass is 10.3. The van der Waals surface area contributed by atoms with Gasteiger partial charge in [0, 0.05) is 22.8 Å². The highest BCUT2D eigenvalue weighted by Crippen LogP contribution is 2.32. The fourth-order valence-corrected chi connectivity index (χ4v) is 2.09. The van der Waals surface area contributed by atoms with Crippen molar-refractivity contribution in [3.63, 3.8) is 0 Å². The molecule has 0 aromatic heterocycles. The number of hydrogen-bond donors (Lipinski definition) is 1. The van der Waals surface area contributed by atoms with Gasteiger partial charge in [0.25, 0.3) is 0 Å². The van der Waals surface area contributed by atoms with E-state index in [0.717, 1.165) is 0 Å². The Hall–Kier alpha value is -1.26. The van der Waals surface area contributed by atoms with E-state index >= 15 is 0 Å². The lowest BCUT2D eigenvalue weighted by molar-refractivity contribution is 0.474. The standard InChI is InChI=1S/C12H8BrClFNO/c13-11-3-7(14)1-2-12(11)17-10-5-8(15)4-9(16)6-10/h1-6H,16H2. The van der Waals surface area contributed by atoms with Crippen LogP contribution in [0.5, 0.6) is 11.5 Å². The van der Waals surface area contributed by atoms with Crippen molar-refractivity contribution in [3.8, 4) is 11.5 Å². The molecule has 5 heteroatoms. The van der Waals surface area contributed by atoms with E-state index in [1.54, 1.807) is 24.3 Å².